The Balaban J connectivity index is 2.13. The van der Waals surface area contributed by atoms with E-state index in [1.165, 1.54) is 6.07 Å². The van der Waals surface area contributed by atoms with Gasteiger partial charge in [-0.1, -0.05) is 27.7 Å². The van der Waals surface area contributed by atoms with Crippen LogP contribution in [0.25, 0.3) is 0 Å². The third-order valence-electron chi connectivity index (χ3n) is 2.00. The first-order chi connectivity index (χ1) is 8.15. The predicted molar refractivity (Wildman–Crippen MR) is 69.5 cm³/mol. The molecule has 2 rings (SSSR count). The van der Waals surface area contributed by atoms with E-state index in [-0.39, 0.29) is 5.69 Å². The Bertz CT molecular complexity index is 525. The van der Waals surface area contributed by atoms with Gasteiger partial charge in [0.25, 0.3) is 0 Å². The number of hydrogen-bond donors (Lipinski definition) is 1. The summed E-state index contributed by atoms with van der Waals surface area (Å²) in [6.45, 7) is 0. The third-order valence-corrected chi connectivity index (χ3v) is 3.52. The molecule has 0 aliphatic rings. The summed E-state index contributed by atoms with van der Waals surface area (Å²) in [6, 6.07) is 11.1. The number of hydrogen-bond acceptors (Lipinski definition) is 3. The second-order valence-electron chi connectivity index (χ2n) is 3.24. The molecule has 0 aliphatic carbocycles. The predicted octanol–water partition coefficient (Wildman–Crippen LogP) is 3.69. The molecule has 0 fully saturated rings. The monoisotopic (exact) mass is 309 g/mol. The van der Waals surface area contributed by atoms with Crippen LogP contribution >= 0.6 is 27.7 Å². The summed E-state index contributed by atoms with van der Waals surface area (Å²) in [6.07, 6.45) is 1.57. The van der Waals surface area contributed by atoms with Crippen LogP contribution < -0.4 is 0 Å². The van der Waals surface area contributed by atoms with E-state index in [1.54, 1.807) is 24.0 Å². The molecule has 1 N–H and O–H groups in total. The van der Waals surface area contributed by atoms with Crippen LogP contribution in [0.15, 0.2) is 56.9 Å². The standard InChI is InChI=1S/C12H8BrNO2S/c13-8-1-3-9(4-2-8)17-10-5-6-11(12(15)16)14-7-10/h1-7H,(H,15,16). The molecule has 1 aromatic carbocycles. The minimum Gasteiger partial charge on any atom is -0.477 e. The van der Waals surface area contributed by atoms with Gasteiger partial charge in [-0.2, -0.15) is 0 Å². The lowest BCUT2D eigenvalue weighted by molar-refractivity contribution is 0.0690. The van der Waals surface area contributed by atoms with Crippen LogP contribution in [0.1, 0.15) is 10.5 Å². The van der Waals surface area contributed by atoms with E-state index in [9.17, 15) is 4.79 Å². The van der Waals surface area contributed by atoms with E-state index < -0.39 is 5.97 Å². The van der Waals surface area contributed by atoms with Crippen molar-refractivity contribution in [2.75, 3.05) is 0 Å². The molecule has 2 aromatic rings. The van der Waals surface area contributed by atoms with Gasteiger partial charge in [0.1, 0.15) is 5.69 Å². The van der Waals surface area contributed by atoms with E-state index in [1.807, 2.05) is 24.3 Å². The normalized spacial score (nSPS) is 10.2. The van der Waals surface area contributed by atoms with Gasteiger partial charge in [-0.05, 0) is 36.4 Å². The molecule has 0 saturated heterocycles. The highest BCUT2D eigenvalue weighted by molar-refractivity contribution is 9.10. The van der Waals surface area contributed by atoms with Crippen LogP contribution in [0.2, 0.25) is 0 Å². The SMILES string of the molecule is O=C(O)c1ccc(Sc2ccc(Br)cc2)cn1. The summed E-state index contributed by atoms with van der Waals surface area (Å²) in [5, 5.41) is 8.72. The molecule has 1 aromatic heterocycles. The zero-order chi connectivity index (χ0) is 12.3. The van der Waals surface area contributed by atoms with Gasteiger partial charge in [0, 0.05) is 20.5 Å². The zero-order valence-corrected chi connectivity index (χ0v) is 11.0. The van der Waals surface area contributed by atoms with Gasteiger partial charge in [-0.3, -0.25) is 0 Å². The van der Waals surface area contributed by atoms with Gasteiger partial charge in [-0.15, -0.1) is 0 Å². The smallest absolute Gasteiger partial charge is 0.354 e. The number of rotatable bonds is 3. The first-order valence-electron chi connectivity index (χ1n) is 4.78. The van der Waals surface area contributed by atoms with Crippen molar-refractivity contribution in [2.24, 2.45) is 0 Å². The average Bonchev–Trinajstić information content (AvgIpc) is 2.33. The maximum Gasteiger partial charge on any atom is 0.354 e. The highest BCUT2D eigenvalue weighted by Crippen LogP contribution is 2.27. The molecule has 0 amide bonds. The first-order valence-corrected chi connectivity index (χ1v) is 6.39. The van der Waals surface area contributed by atoms with Crippen LogP contribution in [0.4, 0.5) is 0 Å². The molecule has 0 unspecified atom stereocenters. The molecule has 0 bridgehead atoms. The second-order valence-corrected chi connectivity index (χ2v) is 5.30. The molecule has 17 heavy (non-hydrogen) atoms. The summed E-state index contributed by atoms with van der Waals surface area (Å²) in [5.74, 6) is -1.01. The maximum absolute atomic E-state index is 10.6. The fourth-order valence-electron chi connectivity index (χ4n) is 1.21. The number of carboxylic acids is 1. The topological polar surface area (TPSA) is 50.2 Å². The van der Waals surface area contributed by atoms with Crippen molar-refractivity contribution in [2.45, 2.75) is 9.79 Å². The Morgan fingerprint density at radius 2 is 1.76 bits per heavy atom. The van der Waals surface area contributed by atoms with Crippen LogP contribution in [0.3, 0.4) is 0 Å². The lowest BCUT2D eigenvalue weighted by Crippen LogP contribution is -1.98. The van der Waals surface area contributed by atoms with Crippen molar-refractivity contribution in [3.05, 3.63) is 52.8 Å². The summed E-state index contributed by atoms with van der Waals surface area (Å²) >= 11 is 4.91. The molecular formula is C12H8BrNO2S. The Morgan fingerprint density at radius 3 is 2.29 bits per heavy atom. The molecule has 0 radical (unpaired) electrons. The summed E-state index contributed by atoms with van der Waals surface area (Å²) in [4.78, 5) is 16.5. The Morgan fingerprint density at radius 1 is 1.12 bits per heavy atom. The Kier molecular flexibility index (Phi) is 3.81. The van der Waals surface area contributed by atoms with Gasteiger partial charge in [0.2, 0.25) is 0 Å². The van der Waals surface area contributed by atoms with Crippen molar-refractivity contribution in [1.82, 2.24) is 4.98 Å². The van der Waals surface area contributed by atoms with Crippen LogP contribution in [-0.4, -0.2) is 16.1 Å². The van der Waals surface area contributed by atoms with Crippen LogP contribution in [-0.2, 0) is 0 Å². The van der Waals surface area contributed by atoms with E-state index >= 15 is 0 Å². The highest BCUT2D eigenvalue weighted by Gasteiger charge is 2.04. The number of nitrogens with zero attached hydrogens (tertiary/aromatic N) is 1. The molecule has 0 aliphatic heterocycles. The van der Waals surface area contributed by atoms with Crippen LogP contribution in [0, 0.1) is 0 Å². The van der Waals surface area contributed by atoms with Crippen molar-refractivity contribution in [3.63, 3.8) is 0 Å². The summed E-state index contributed by atoms with van der Waals surface area (Å²) in [7, 11) is 0. The van der Waals surface area contributed by atoms with Gasteiger partial charge < -0.3 is 5.11 Å². The average molecular weight is 310 g/mol. The first kappa shape index (κ1) is 12.1. The van der Waals surface area contributed by atoms with Crippen molar-refractivity contribution in [1.29, 1.82) is 0 Å². The van der Waals surface area contributed by atoms with E-state index in [2.05, 4.69) is 20.9 Å². The molecule has 86 valence electrons. The molecule has 0 saturated carbocycles. The van der Waals surface area contributed by atoms with Crippen LogP contribution in [0.5, 0.6) is 0 Å². The zero-order valence-electron chi connectivity index (χ0n) is 8.63. The molecular weight excluding hydrogens is 302 g/mol. The lowest BCUT2D eigenvalue weighted by Gasteiger charge is -2.01. The van der Waals surface area contributed by atoms with E-state index in [4.69, 9.17) is 5.11 Å². The highest BCUT2D eigenvalue weighted by atomic mass is 79.9. The fourth-order valence-corrected chi connectivity index (χ4v) is 2.26. The maximum atomic E-state index is 10.6. The summed E-state index contributed by atoms with van der Waals surface area (Å²) in [5.41, 5.74) is 0.0603. The molecule has 3 nitrogen and oxygen atoms in total. The molecule has 5 heteroatoms. The molecule has 1 heterocycles. The number of aromatic carboxylic acids is 1. The van der Waals surface area contributed by atoms with Crippen molar-refractivity contribution < 1.29 is 9.90 Å². The van der Waals surface area contributed by atoms with Gasteiger partial charge in [0.15, 0.2) is 0 Å². The number of carbonyl (C=O) groups is 1. The van der Waals surface area contributed by atoms with Crippen molar-refractivity contribution >= 4 is 33.7 Å². The minimum atomic E-state index is -1.01. The Labute approximate surface area is 111 Å². The number of benzene rings is 1. The number of carboxylic acid groups (broad SMARTS) is 1. The third kappa shape index (κ3) is 3.31. The van der Waals surface area contributed by atoms with E-state index in [0.29, 0.717) is 0 Å². The fraction of sp³-hybridized carbons (Fsp3) is 0. The van der Waals surface area contributed by atoms with Gasteiger partial charge in [0.05, 0.1) is 0 Å². The van der Waals surface area contributed by atoms with Gasteiger partial charge in [-0.25, -0.2) is 9.78 Å². The largest absolute Gasteiger partial charge is 0.477 e. The second kappa shape index (κ2) is 5.33. The van der Waals surface area contributed by atoms with E-state index in [0.717, 1.165) is 14.3 Å². The summed E-state index contributed by atoms with van der Waals surface area (Å²) < 4.78 is 1.03. The minimum absolute atomic E-state index is 0.0603. The van der Waals surface area contributed by atoms with Gasteiger partial charge >= 0.3 is 5.97 Å². The number of halogens is 1. The quantitative estimate of drug-likeness (QED) is 0.939. The number of aromatic nitrogens is 1. The number of pyridine rings is 1. The Hall–Kier alpha value is -1.33. The lowest BCUT2D eigenvalue weighted by atomic mass is 10.4. The van der Waals surface area contributed by atoms with Crippen molar-refractivity contribution in [3.8, 4) is 0 Å². The molecule has 0 atom stereocenters. The molecule has 0 spiro atoms.